The number of carboxylic acids is 1. The third-order valence-electron chi connectivity index (χ3n) is 2.70. The topological polar surface area (TPSA) is 54.4 Å². The molecule has 0 aliphatic heterocycles. The maximum absolute atomic E-state index is 11.3. The van der Waals surface area contributed by atoms with Crippen LogP contribution in [0.2, 0.25) is 0 Å². The number of ketones is 1. The van der Waals surface area contributed by atoms with Crippen LogP contribution in [0.3, 0.4) is 0 Å². The summed E-state index contributed by atoms with van der Waals surface area (Å²) in [6.07, 6.45) is 3.04. The molecule has 1 aliphatic carbocycles. The van der Waals surface area contributed by atoms with Crippen LogP contribution >= 0.6 is 0 Å². The highest BCUT2D eigenvalue weighted by Gasteiger charge is 2.36. The lowest BCUT2D eigenvalue weighted by atomic mass is 9.83. The molecule has 1 fully saturated rings. The van der Waals surface area contributed by atoms with Gasteiger partial charge in [-0.1, -0.05) is 6.92 Å². The molecular formula is C9H14O3. The van der Waals surface area contributed by atoms with Crippen molar-refractivity contribution in [3.63, 3.8) is 0 Å². The van der Waals surface area contributed by atoms with Gasteiger partial charge < -0.3 is 5.11 Å². The van der Waals surface area contributed by atoms with Gasteiger partial charge in [0, 0.05) is 18.3 Å². The van der Waals surface area contributed by atoms with Gasteiger partial charge in [0.25, 0.3) is 0 Å². The summed E-state index contributed by atoms with van der Waals surface area (Å²) in [4.78, 5) is 21.6. The number of rotatable bonds is 3. The van der Waals surface area contributed by atoms with Crippen molar-refractivity contribution in [1.82, 2.24) is 0 Å². The minimum Gasteiger partial charge on any atom is -0.481 e. The SMILES string of the molecule is C[C@]1(CCC(=O)O)CCCC1=O. The van der Waals surface area contributed by atoms with E-state index in [2.05, 4.69) is 0 Å². The van der Waals surface area contributed by atoms with Crippen molar-refractivity contribution >= 4 is 11.8 Å². The molecule has 12 heavy (non-hydrogen) atoms. The fourth-order valence-corrected chi connectivity index (χ4v) is 1.73. The molecule has 1 atom stereocenters. The van der Waals surface area contributed by atoms with Gasteiger partial charge in [0.15, 0.2) is 0 Å². The zero-order chi connectivity index (χ0) is 9.19. The van der Waals surface area contributed by atoms with Crippen molar-refractivity contribution in [3.8, 4) is 0 Å². The van der Waals surface area contributed by atoms with Gasteiger partial charge in [0.05, 0.1) is 0 Å². The third kappa shape index (κ3) is 1.84. The molecule has 1 rings (SSSR count). The van der Waals surface area contributed by atoms with Crippen LogP contribution < -0.4 is 0 Å². The van der Waals surface area contributed by atoms with E-state index in [9.17, 15) is 9.59 Å². The van der Waals surface area contributed by atoms with Gasteiger partial charge in [-0.05, 0) is 19.3 Å². The van der Waals surface area contributed by atoms with Crippen molar-refractivity contribution in [3.05, 3.63) is 0 Å². The average Bonchev–Trinajstić information content (AvgIpc) is 2.30. The first-order valence-electron chi connectivity index (χ1n) is 4.30. The number of aliphatic carboxylic acids is 1. The summed E-state index contributed by atoms with van der Waals surface area (Å²) in [7, 11) is 0. The molecule has 0 aromatic heterocycles. The van der Waals surface area contributed by atoms with Gasteiger partial charge in [-0.25, -0.2) is 0 Å². The lowest BCUT2D eigenvalue weighted by Gasteiger charge is -2.19. The van der Waals surface area contributed by atoms with Crippen molar-refractivity contribution in [1.29, 1.82) is 0 Å². The Hall–Kier alpha value is -0.860. The molecule has 0 aromatic rings. The summed E-state index contributed by atoms with van der Waals surface area (Å²) in [5.74, 6) is -0.570. The van der Waals surface area contributed by atoms with E-state index in [-0.39, 0.29) is 17.6 Å². The zero-order valence-electron chi connectivity index (χ0n) is 7.30. The van der Waals surface area contributed by atoms with Crippen LogP contribution in [0.4, 0.5) is 0 Å². The Labute approximate surface area is 71.8 Å². The summed E-state index contributed by atoms with van der Waals surface area (Å²) >= 11 is 0. The Bertz CT molecular complexity index is 210. The quantitative estimate of drug-likeness (QED) is 0.700. The van der Waals surface area contributed by atoms with Crippen LogP contribution in [0.25, 0.3) is 0 Å². The van der Waals surface area contributed by atoms with E-state index in [0.717, 1.165) is 12.8 Å². The van der Waals surface area contributed by atoms with Crippen molar-refractivity contribution in [2.24, 2.45) is 5.41 Å². The molecule has 1 N–H and O–H groups in total. The minimum atomic E-state index is -0.809. The molecule has 3 heteroatoms. The second kappa shape index (κ2) is 3.25. The Morgan fingerprint density at radius 2 is 2.33 bits per heavy atom. The second-order valence-corrected chi connectivity index (χ2v) is 3.73. The molecule has 0 aromatic carbocycles. The Kier molecular flexibility index (Phi) is 2.50. The molecule has 1 aliphatic rings. The average molecular weight is 170 g/mol. The molecule has 1 saturated carbocycles. The van der Waals surface area contributed by atoms with Crippen molar-refractivity contribution in [2.75, 3.05) is 0 Å². The van der Waals surface area contributed by atoms with Crippen LogP contribution in [0.1, 0.15) is 39.0 Å². The monoisotopic (exact) mass is 170 g/mol. The van der Waals surface area contributed by atoms with Gasteiger partial charge in [0.1, 0.15) is 5.78 Å². The predicted octanol–water partition coefficient (Wildman–Crippen LogP) is 1.61. The van der Waals surface area contributed by atoms with Gasteiger partial charge in [0.2, 0.25) is 0 Å². The maximum atomic E-state index is 11.3. The van der Waals surface area contributed by atoms with Gasteiger partial charge in [-0.2, -0.15) is 0 Å². The highest BCUT2D eigenvalue weighted by atomic mass is 16.4. The Morgan fingerprint density at radius 1 is 1.67 bits per heavy atom. The number of hydrogen-bond donors (Lipinski definition) is 1. The van der Waals surface area contributed by atoms with E-state index < -0.39 is 5.97 Å². The largest absolute Gasteiger partial charge is 0.481 e. The fourth-order valence-electron chi connectivity index (χ4n) is 1.73. The molecule has 3 nitrogen and oxygen atoms in total. The summed E-state index contributed by atoms with van der Waals surface area (Å²) in [5.41, 5.74) is -0.335. The highest BCUT2D eigenvalue weighted by molar-refractivity contribution is 5.86. The summed E-state index contributed by atoms with van der Waals surface area (Å²) in [6.45, 7) is 1.88. The molecular weight excluding hydrogens is 156 g/mol. The van der Waals surface area contributed by atoms with E-state index in [1.54, 1.807) is 0 Å². The van der Waals surface area contributed by atoms with E-state index in [4.69, 9.17) is 5.11 Å². The van der Waals surface area contributed by atoms with Crippen LogP contribution in [0.15, 0.2) is 0 Å². The third-order valence-corrected chi connectivity index (χ3v) is 2.70. The number of carbonyl (C=O) groups excluding carboxylic acids is 1. The van der Waals surface area contributed by atoms with E-state index in [1.165, 1.54) is 0 Å². The standard InChI is InChI=1S/C9H14O3/c1-9(6-4-8(11)12)5-2-3-7(9)10/h2-6H2,1H3,(H,11,12)/t9-/m1/s1. The lowest BCUT2D eigenvalue weighted by Crippen LogP contribution is -2.22. The lowest BCUT2D eigenvalue weighted by molar-refractivity contribution is -0.138. The summed E-state index contributed by atoms with van der Waals surface area (Å²) in [5, 5.41) is 8.46. The first kappa shape index (κ1) is 9.23. The first-order valence-corrected chi connectivity index (χ1v) is 4.30. The van der Waals surface area contributed by atoms with Crippen molar-refractivity contribution in [2.45, 2.75) is 39.0 Å². The molecule has 0 saturated heterocycles. The van der Waals surface area contributed by atoms with Crippen LogP contribution in [-0.4, -0.2) is 16.9 Å². The Balaban J connectivity index is 2.48. The molecule has 0 unspecified atom stereocenters. The number of carboxylic acid groups (broad SMARTS) is 1. The first-order chi connectivity index (χ1) is 5.54. The summed E-state index contributed by atoms with van der Waals surface area (Å²) in [6, 6.07) is 0. The Morgan fingerprint density at radius 3 is 2.75 bits per heavy atom. The normalized spacial score (nSPS) is 29.2. The number of Topliss-reactive ketones (excluding diaryl/α,β-unsaturated/α-hetero) is 1. The second-order valence-electron chi connectivity index (χ2n) is 3.73. The zero-order valence-corrected chi connectivity index (χ0v) is 7.30. The minimum absolute atomic E-state index is 0.113. The number of hydrogen-bond acceptors (Lipinski definition) is 2. The summed E-state index contributed by atoms with van der Waals surface area (Å²) < 4.78 is 0. The van der Waals surface area contributed by atoms with E-state index in [1.807, 2.05) is 6.92 Å². The molecule has 0 bridgehead atoms. The molecule has 0 heterocycles. The van der Waals surface area contributed by atoms with Gasteiger partial charge in [-0.3, -0.25) is 9.59 Å². The van der Waals surface area contributed by atoms with Crippen LogP contribution in [0, 0.1) is 5.41 Å². The molecule has 0 radical (unpaired) electrons. The smallest absolute Gasteiger partial charge is 0.303 e. The van der Waals surface area contributed by atoms with Gasteiger partial charge in [-0.15, -0.1) is 0 Å². The predicted molar refractivity (Wildman–Crippen MR) is 43.8 cm³/mol. The van der Waals surface area contributed by atoms with E-state index in [0.29, 0.717) is 12.8 Å². The van der Waals surface area contributed by atoms with Crippen molar-refractivity contribution < 1.29 is 14.7 Å². The van der Waals surface area contributed by atoms with Gasteiger partial charge >= 0.3 is 5.97 Å². The van der Waals surface area contributed by atoms with E-state index >= 15 is 0 Å². The fraction of sp³-hybridized carbons (Fsp3) is 0.778. The maximum Gasteiger partial charge on any atom is 0.303 e. The molecule has 68 valence electrons. The molecule has 0 amide bonds. The number of carbonyl (C=O) groups is 2. The van der Waals surface area contributed by atoms with Crippen LogP contribution in [-0.2, 0) is 9.59 Å². The van der Waals surface area contributed by atoms with Crippen LogP contribution in [0.5, 0.6) is 0 Å². The molecule has 0 spiro atoms. The highest BCUT2D eigenvalue weighted by Crippen LogP contribution is 2.38.